The minimum absolute atomic E-state index is 0.00478. The van der Waals surface area contributed by atoms with E-state index in [0.717, 1.165) is 10.5 Å². The summed E-state index contributed by atoms with van der Waals surface area (Å²) in [7, 11) is 6.03. The molecule has 0 spiro atoms. The van der Waals surface area contributed by atoms with Gasteiger partial charge >= 0.3 is 12.0 Å². The first-order chi connectivity index (χ1) is 28.2. The second-order valence-corrected chi connectivity index (χ2v) is 15.4. The monoisotopic (exact) mass is 829 g/mol. The third-order valence-corrected chi connectivity index (χ3v) is 10.0. The van der Waals surface area contributed by atoms with Gasteiger partial charge in [-0.1, -0.05) is 54.9 Å². The molecular weight excluding hydrogens is 778 g/mol. The van der Waals surface area contributed by atoms with Crippen molar-refractivity contribution in [1.29, 1.82) is 0 Å². The lowest BCUT2D eigenvalue weighted by molar-refractivity contribution is -0.135. The second kappa shape index (κ2) is 19.7. The normalized spacial score (nSPS) is 14.9. The molecule has 1 aliphatic heterocycles. The van der Waals surface area contributed by atoms with Gasteiger partial charge in [0, 0.05) is 23.7 Å². The van der Waals surface area contributed by atoms with E-state index >= 15 is 0 Å². The summed E-state index contributed by atoms with van der Waals surface area (Å²) in [4.78, 5) is 59.0. The Morgan fingerprint density at radius 1 is 0.847 bits per heavy atom. The van der Waals surface area contributed by atoms with Crippen molar-refractivity contribution in [2.75, 3.05) is 41.5 Å². The van der Waals surface area contributed by atoms with Crippen LogP contribution in [0, 0.1) is 5.92 Å². The first-order valence-corrected chi connectivity index (χ1v) is 19.6. The average Bonchev–Trinajstić information content (AvgIpc) is 3.33. The van der Waals surface area contributed by atoms with Crippen molar-refractivity contribution in [3.63, 3.8) is 0 Å². The molecule has 1 heterocycles. The smallest absolute Gasteiger partial charge is 0.342 e. The Labute approximate surface area is 350 Å². The fourth-order valence-electron chi connectivity index (χ4n) is 6.82. The number of benzene rings is 4. The van der Waals surface area contributed by atoms with Crippen molar-refractivity contribution in [3.05, 3.63) is 112 Å². The number of esters is 1. The zero-order valence-electron chi connectivity index (χ0n) is 34.8. The molecule has 1 fully saturated rings. The van der Waals surface area contributed by atoms with Gasteiger partial charge in [0.1, 0.15) is 53.1 Å². The van der Waals surface area contributed by atoms with Gasteiger partial charge in [-0.2, -0.15) is 0 Å². The van der Waals surface area contributed by atoms with Crippen LogP contribution in [-0.2, 0) is 33.9 Å². The van der Waals surface area contributed by atoms with E-state index in [-0.39, 0.29) is 31.7 Å². The second-order valence-electron chi connectivity index (χ2n) is 15.0. The summed E-state index contributed by atoms with van der Waals surface area (Å²) in [5.74, 6) is -0.395. The minimum atomic E-state index is -0.894. The molecule has 1 saturated heterocycles. The molecule has 0 radical (unpaired) electrons. The molecule has 59 heavy (non-hydrogen) atoms. The largest absolute Gasteiger partial charge is 0.496 e. The summed E-state index contributed by atoms with van der Waals surface area (Å²) in [5, 5.41) is 3.39. The third kappa shape index (κ3) is 11.2. The van der Waals surface area contributed by atoms with Crippen LogP contribution in [0.5, 0.6) is 28.7 Å². The van der Waals surface area contributed by atoms with Gasteiger partial charge < -0.3 is 38.6 Å². The average molecular weight is 830 g/mol. The molecule has 4 amide bonds. The van der Waals surface area contributed by atoms with Gasteiger partial charge in [-0.15, -0.1) is 0 Å². The molecule has 5 rings (SSSR count). The first-order valence-electron chi connectivity index (χ1n) is 19.2. The molecule has 0 aromatic heterocycles. The van der Waals surface area contributed by atoms with E-state index in [1.807, 2.05) is 37.3 Å². The predicted octanol–water partition coefficient (Wildman–Crippen LogP) is 7.80. The van der Waals surface area contributed by atoms with Gasteiger partial charge in [0.05, 0.1) is 52.5 Å². The molecular formula is C45H52ClN3O10. The number of methoxy groups -OCH3 is 4. The zero-order valence-corrected chi connectivity index (χ0v) is 35.5. The van der Waals surface area contributed by atoms with E-state index in [1.54, 1.807) is 69.3 Å². The number of carbonyl (C=O) groups is 4. The molecule has 314 valence electrons. The number of carbonyl (C=O) groups excluding carboxylic acids is 4. The molecule has 1 aliphatic rings. The van der Waals surface area contributed by atoms with Crippen LogP contribution in [0.3, 0.4) is 0 Å². The quantitative estimate of drug-likeness (QED) is 0.118. The third-order valence-electron chi connectivity index (χ3n) is 9.79. The molecule has 2 unspecified atom stereocenters. The van der Waals surface area contributed by atoms with Crippen LogP contribution in [0.4, 0.5) is 4.79 Å². The van der Waals surface area contributed by atoms with E-state index in [2.05, 4.69) is 5.32 Å². The summed E-state index contributed by atoms with van der Waals surface area (Å²) in [5.41, 5.74) is 2.06. The molecule has 4 aromatic rings. The number of nitrogens with zero attached hydrogens (tertiary/aromatic N) is 2. The number of ether oxygens (including phenoxy) is 6. The Balaban J connectivity index is 1.47. The standard InChI is InChI=1S/C45H52ClN3O10/c1-9-36(29-15-17-38(58-27-28-13-11-10-12-14-28)34(21-29)43(52)59-45(2,3)4)47-44(53)49-26-41(50)48(25-35-39(56-7)22-33(54-5)23-40(35)57-8)24-31(42(49)51)19-30-20-32(46)16-18-37(30)55-6/h10-18,20-23,31,36H,9,19,24-27H2,1-8H3,(H,47,53). The van der Waals surface area contributed by atoms with Crippen LogP contribution in [0.15, 0.2) is 78.9 Å². The topological polar surface area (TPSA) is 142 Å². The minimum Gasteiger partial charge on any atom is -0.496 e. The van der Waals surface area contributed by atoms with E-state index in [9.17, 15) is 19.2 Å². The summed E-state index contributed by atoms with van der Waals surface area (Å²) < 4.78 is 34.2. The van der Waals surface area contributed by atoms with E-state index < -0.39 is 47.9 Å². The van der Waals surface area contributed by atoms with Gasteiger partial charge in [0.15, 0.2) is 0 Å². The number of amides is 4. The van der Waals surface area contributed by atoms with Gasteiger partial charge in [0.25, 0.3) is 0 Å². The lowest BCUT2D eigenvalue weighted by atomic mass is 9.96. The Bertz CT molecular complexity index is 2110. The first kappa shape index (κ1) is 44.2. The van der Waals surface area contributed by atoms with E-state index in [0.29, 0.717) is 56.9 Å². The van der Waals surface area contributed by atoms with Gasteiger partial charge in [-0.3, -0.25) is 14.5 Å². The highest BCUT2D eigenvalue weighted by Gasteiger charge is 2.39. The number of nitrogens with one attached hydrogen (secondary N) is 1. The number of rotatable bonds is 15. The summed E-state index contributed by atoms with van der Waals surface area (Å²) in [6.07, 6.45) is 0.486. The van der Waals surface area contributed by atoms with Gasteiger partial charge in [0.2, 0.25) is 11.8 Å². The van der Waals surface area contributed by atoms with Crippen molar-refractivity contribution in [1.82, 2.24) is 15.1 Å². The maximum atomic E-state index is 14.5. The van der Waals surface area contributed by atoms with Gasteiger partial charge in [-0.25, -0.2) is 9.59 Å². The van der Waals surface area contributed by atoms with Crippen molar-refractivity contribution in [3.8, 4) is 28.7 Å². The van der Waals surface area contributed by atoms with Crippen LogP contribution in [0.2, 0.25) is 5.02 Å². The van der Waals surface area contributed by atoms with Crippen molar-refractivity contribution in [2.24, 2.45) is 5.92 Å². The molecule has 0 bridgehead atoms. The van der Waals surface area contributed by atoms with Crippen molar-refractivity contribution < 1.29 is 47.6 Å². The highest BCUT2D eigenvalue weighted by Crippen LogP contribution is 2.36. The van der Waals surface area contributed by atoms with Crippen molar-refractivity contribution >= 4 is 35.4 Å². The molecule has 0 saturated carbocycles. The maximum Gasteiger partial charge on any atom is 0.342 e. The zero-order chi connectivity index (χ0) is 42.9. The molecule has 1 N–H and O–H groups in total. The molecule has 14 heteroatoms. The number of urea groups is 1. The van der Waals surface area contributed by atoms with Crippen LogP contribution < -0.4 is 29.0 Å². The Morgan fingerprint density at radius 2 is 1.51 bits per heavy atom. The Hall–Kier alpha value is -5.95. The van der Waals surface area contributed by atoms with Crippen LogP contribution in [0.25, 0.3) is 0 Å². The summed E-state index contributed by atoms with van der Waals surface area (Å²) >= 11 is 6.38. The predicted molar refractivity (Wildman–Crippen MR) is 222 cm³/mol. The fraction of sp³-hybridized carbons (Fsp3) is 0.378. The lowest BCUT2D eigenvalue weighted by Crippen LogP contribution is -2.48. The van der Waals surface area contributed by atoms with Crippen LogP contribution >= 0.6 is 11.6 Å². The molecule has 13 nitrogen and oxygen atoms in total. The Morgan fingerprint density at radius 3 is 2.12 bits per heavy atom. The highest BCUT2D eigenvalue weighted by atomic mass is 35.5. The van der Waals surface area contributed by atoms with E-state index in [4.69, 9.17) is 40.0 Å². The van der Waals surface area contributed by atoms with Gasteiger partial charge in [-0.05, 0) is 80.6 Å². The molecule has 0 aliphatic carbocycles. The number of hydrogen-bond acceptors (Lipinski definition) is 10. The summed E-state index contributed by atoms with van der Waals surface area (Å²) in [6, 6.07) is 21.6. The SMILES string of the molecule is CCC(NC(=O)N1CC(=O)N(Cc2c(OC)cc(OC)cc2OC)CC(Cc2cc(Cl)ccc2OC)C1=O)c1ccc(OCc2ccccc2)c(C(=O)OC(C)(C)C)c1. The number of halogens is 1. The number of hydrogen-bond donors (Lipinski definition) is 1. The van der Waals surface area contributed by atoms with Crippen molar-refractivity contribution in [2.45, 2.75) is 65.3 Å². The maximum absolute atomic E-state index is 14.5. The lowest BCUT2D eigenvalue weighted by Gasteiger charge is -2.26. The van der Waals surface area contributed by atoms with E-state index in [1.165, 1.54) is 33.3 Å². The molecule has 2 atom stereocenters. The highest BCUT2D eigenvalue weighted by molar-refractivity contribution is 6.30. The fourth-order valence-corrected chi connectivity index (χ4v) is 7.01. The summed E-state index contributed by atoms with van der Waals surface area (Å²) in [6.45, 7) is 6.81. The number of imide groups is 1. The van der Waals surface area contributed by atoms with Crippen LogP contribution in [-0.4, -0.2) is 80.7 Å². The van der Waals surface area contributed by atoms with Crippen LogP contribution in [0.1, 0.15) is 72.8 Å². The Kier molecular flexibility index (Phi) is 14.7. The molecule has 4 aromatic carbocycles.